The monoisotopic (exact) mass is 441 g/mol. The van der Waals surface area contributed by atoms with Gasteiger partial charge in [0.05, 0.1) is 18.7 Å². The fourth-order valence-electron chi connectivity index (χ4n) is 3.97. The molecule has 1 aromatic carbocycles. The Morgan fingerprint density at radius 2 is 2.03 bits per heavy atom. The molecule has 1 aliphatic carbocycles. The molecule has 0 amide bonds. The van der Waals surface area contributed by atoms with Crippen molar-refractivity contribution >= 4 is 17.5 Å². The van der Waals surface area contributed by atoms with E-state index in [2.05, 4.69) is 10.1 Å². The maximum Gasteiger partial charge on any atom is 0.416 e. The maximum atomic E-state index is 13.4. The third-order valence-electron chi connectivity index (χ3n) is 5.92. The van der Waals surface area contributed by atoms with Gasteiger partial charge >= 0.3 is 6.18 Å². The van der Waals surface area contributed by atoms with Gasteiger partial charge in [0.15, 0.2) is 0 Å². The first kappa shape index (κ1) is 22.7. The number of Topliss-reactive ketones (excluding diaryl/α,β-unsaturated/α-hetero) is 1. The first-order chi connectivity index (χ1) is 14.2. The molecular weight excluding hydrogens is 415 g/mol. The number of carbonyl (C=O) groups is 1. The number of rotatable bonds is 8. The van der Waals surface area contributed by atoms with Crippen LogP contribution < -0.4 is 4.74 Å². The number of nitrogens with zero attached hydrogens (tertiary/aromatic N) is 3. The van der Waals surface area contributed by atoms with Gasteiger partial charge in [-0.3, -0.25) is 9.48 Å². The van der Waals surface area contributed by atoms with Crippen molar-refractivity contribution in [2.45, 2.75) is 38.9 Å². The lowest BCUT2D eigenvalue weighted by Crippen LogP contribution is -2.46. The quantitative estimate of drug-likeness (QED) is 0.593. The van der Waals surface area contributed by atoms with E-state index < -0.39 is 11.7 Å². The molecule has 1 fully saturated rings. The molecule has 0 spiro atoms. The van der Waals surface area contributed by atoms with Gasteiger partial charge in [0, 0.05) is 17.3 Å². The summed E-state index contributed by atoms with van der Waals surface area (Å²) in [4.78, 5) is 17.4. The first-order valence-electron chi connectivity index (χ1n) is 9.89. The van der Waals surface area contributed by atoms with Crippen molar-refractivity contribution in [1.29, 1.82) is 0 Å². The van der Waals surface area contributed by atoms with Crippen molar-refractivity contribution < 1.29 is 22.7 Å². The summed E-state index contributed by atoms with van der Waals surface area (Å²) in [7, 11) is 0. The van der Waals surface area contributed by atoms with Gasteiger partial charge < -0.3 is 4.74 Å². The fraction of sp³-hybridized carbons (Fsp3) is 0.571. The van der Waals surface area contributed by atoms with Crippen LogP contribution in [0.25, 0.3) is 0 Å². The molecule has 1 saturated carbocycles. The van der Waals surface area contributed by atoms with Gasteiger partial charge in [-0.25, -0.2) is 4.98 Å². The lowest BCUT2D eigenvalue weighted by molar-refractivity contribution is -0.140. The molecule has 0 radical (unpaired) electrons. The Morgan fingerprint density at radius 1 is 1.30 bits per heavy atom. The zero-order valence-corrected chi connectivity index (χ0v) is 17.9. The van der Waals surface area contributed by atoms with Crippen LogP contribution in [-0.4, -0.2) is 39.2 Å². The molecule has 0 N–H and O–H groups in total. The normalized spacial score (nSPS) is 24.8. The SMILES string of the molecule is CSCC[C@]1(C)CC[C@@H](COc2ccc(C(F)(F)F)cc2)[C@H](Cn2cncn2)C1=O. The van der Waals surface area contributed by atoms with E-state index in [-0.39, 0.29) is 29.6 Å². The standard InChI is InChI=1S/C21H26F3N3O2S/c1-20(9-10-30-2)8-7-15(18(19(20)28)11-27-14-25-13-26-27)12-29-17-5-3-16(4-6-17)21(22,23)24/h3-6,13-15,18H,7-12H2,1-2H3/t15-,18-,20-/m0/s1. The van der Waals surface area contributed by atoms with Crippen LogP contribution in [0, 0.1) is 17.3 Å². The smallest absolute Gasteiger partial charge is 0.416 e. The summed E-state index contributed by atoms with van der Waals surface area (Å²) in [5.74, 6) is 1.18. The van der Waals surface area contributed by atoms with Crippen LogP contribution in [0.4, 0.5) is 13.2 Å². The highest BCUT2D eigenvalue weighted by atomic mass is 32.2. The molecule has 0 bridgehead atoms. The highest BCUT2D eigenvalue weighted by Crippen LogP contribution is 2.43. The average Bonchev–Trinajstić information content (AvgIpc) is 3.22. The van der Waals surface area contributed by atoms with Crippen molar-refractivity contribution in [2.24, 2.45) is 17.3 Å². The number of benzene rings is 1. The van der Waals surface area contributed by atoms with Crippen molar-refractivity contribution in [2.75, 3.05) is 18.6 Å². The summed E-state index contributed by atoms with van der Waals surface area (Å²) in [6.45, 7) is 2.73. The largest absolute Gasteiger partial charge is 0.493 e. The van der Waals surface area contributed by atoms with Crippen LogP contribution >= 0.6 is 11.8 Å². The van der Waals surface area contributed by atoms with E-state index >= 15 is 0 Å². The van der Waals surface area contributed by atoms with Crippen molar-refractivity contribution in [1.82, 2.24) is 14.8 Å². The zero-order chi connectivity index (χ0) is 21.8. The Balaban J connectivity index is 1.71. The highest BCUT2D eigenvalue weighted by molar-refractivity contribution is 7.98. The number of thioether (sulfide) groups is 1. The second-order valence-corrected chi connectivity index (χ2v) is 9.01. The Kier molecular flexibility index (Phi) is 7.10. The Labute approximate surface area is 178 Å². The van der Waals surface area contributed by atoms with Crippen LogP contribution in [0.15, 0.2) is 36.9 Å². The maximum absolute atomic E-state index is 13.4. The molecule has 0 aliphatic heterocycles. The molecule has 1 aromatic heterocycles. The number of hydrogen-bond donors (Lipinski definition) is 0. The molecule has 1 aliphatic rings. The van der Waals surface area contributed by atoms with Gasteiger partial charge in [-0.2, -0.15) is 30.0 Å². The molecule has 3 rings (SSSR count). The average molecular weight is 442 g/mol. The fourth-order valence-corrected chi connectivity index (χ4v) is 4.62. The number of hydrogen-bond acceptors (Lipinski definition) is 5. The van der Waals surface area contributed by atoms with E-state index in [4.69, 9.17) is 4.74 Å². The summed E-state index contributed by atoms with van der Waals surface area (Å²) in [6, 6.07) is 4.66. The number of aromatic nitrogens is 3. The third-order valence-corrected chi connectivity index (χ3v) is 6.53. The molecular formula is C21H26F3N3O2S. The molecule has 9 heteroatoms. The van der Waals surface area contributed by atoms with Crippen LogP contribution in [-0.2, 0) is 17.5 Å². The number of halogens is 3. The van der Waals surface area contributed by atoms with Gasteiger partial charge in [0.2, 0.25) is 0 Å². The van der Waals surface area contributed by atoms with E-state index in [0.29, 0.717) is 12.3 Å². The van der Waals surface area contributed by atoms with Gasteiger partial charge in [-0.1, -0.05) is 6.92 Å². The minimum absolute atomic E-state index is 0.0358. The van der Waals surface area contributed by atoms with Crippen molar-refractivity contribution in [3.63, 3.8) is 0 Å². The molecule has 30 heavy (non-hydrogen) atoms. The number of ether oxygens (including phenoxy) is 1. The lowest BCUT2D eigenvalue weighted by atomic mass is 9.64. The number of carbonyl (C=O) groups excluding carboxylic acids is 1. The molecule has 164 valence electrons. The highest BCUT2D eigenvalue weighted by Gasteiger charge is 2.45. The van der Waals surface area contributed by atoms with E-state index in [0.717, 1.165) is 37.1 Å². The van der Waals surface area contributed by atoms with Crippen LogP contribution in [0.1, 0.15) is 31.7 Å². The van der Waals surface area contributed by atoms with Gasteiger partial charge in [-0.05, 0) is 55.5 Å². The van der Waals surface area contributed by atoms with E-state index in [9.17, 15) is 18.0 Å². The minimum Gasteiger partial charge on any atom is -0.493 e. The Hall–Kier alpha value is -2.03. The minimum atomic E-state index is -4.38. The zero-order valence-electron chi connectivity index (χ0n) is 17.1. The van der Waals surface area contributed by atoms with Crippen molar-refractivity contribution in [3.05, 3.63) is 42.5 Å². The molecule has 1 heterocycles. The molecule has 2 aromatic rings. The lowest BCUT2D eigenvalue weighted by Gasteiger charge is -2.41. The topological polar surface area (TPSA) is 57.0 Å². The summed E-state index contributed by atoms with van der Waals surface area (Å²) in [5.41, 5.74) is -1.09. The third kappa shape index (κ3) is 5.36. The summed E-state index contributed by atoms with van der Waals surface area (Å²) in [6.07, 6.45) is 3.11. The molecule has 3 atom stereocenters. The van der Waals surface area contributed by atoms with E-state index in [1.54, 1.807) is 22.8 Å². The number of ketones is 1. The van der Waals surface area contributed by atoms with Crippen LogP contribution in [0.2, 0.25) is 0 Å². The van der Waals surface area contributed by atoms with Crippen LogP contribution in [0.3, 0.4) is 0 Å². The molecule has 0 unspecified atom stereocenters. The molecule has 5 nitrogen and oxygen atoms in total. The predicted molar refractivity (Wildman–Crippen MR) is 109 cm³/mol. The van der Waals surface area contributed by atoms with Gasteiger partial charge in [-0.15, -0.1) is 0 Å². The molecule has 0 saturated heterocycles. The predicted octanol–water partition coefficient (Wildman–Crippen LogP) is 4.73. The van der Waals surface area contributed by atoms with E-state index in [1.165, 1.54) is 18.5 Å². The Bertz CT molecular complexity index is 827. The van der Waals surface area contributed by atoms with Crippen LogP contribution in [0.5, 0.6) is 5.75 Å². The van der Waals surface area contributed by atoms with Crippen molar-refractivity contribution in [3.8, 4) is 5.75 Å². The summed E-state index contributed by atoms with van der Waals surface area (Å²) in [5, 5.41) is 4.14. The Morgan fingerprint density at radius 3 is 2.63 bits per heavy atom. The number of alkyl halides is 3. The summed E-state index contributed by atoms with van der Waals surface area (Å²) >= 11 is 1.73. The van der Waals surface area contributed by atoms with E-state index in [1.807, 2.05) is 13.2 Å². The summed E-state index contributed by atoms with van der Waals surface area (Å²) < 4.78 is 45.7. The second kappa shape index (κ2) is 9.41. The van der Waals surface area contributed by atoms with Gasteiger partial charge in [0.25, 0.3) is 0 Å². The van der Waals surface area contributed by atoms with Gasteiger partial charge in [0.1, 0.15) is 24.2 Å². The second-order valence-electron chi connectivity index (χ2n) is 8.02. The first-order valence-corrected chi connectivity index (χ1v) is 11.3.